The highest BCUT2D eigenvalue weighted by Gasteiger charge is 2.31. The van der Waals surface area contributed by atoms with Crippen molar-refractivity contribution in [1.82, 2.24) is 25.1 Å². The van der Waals surface area contributed by atoms with Crippen molar-refractivity contribution in [1.29, 1.82) is 0 Å². The number of thiazole rings is 1. The van der Waals surface area contributed by atoms with Crippen molar-refractivity contribution in [2.24, 2.45) is 0 Å². The van der Waals surface area contributed by atoms with Crippen LogP contribution >= 0.6 is 34.5 Å². The molecule has 0 unspecified atom stereocenters. The Hall–Kier alpha value is -1.47. The van der Waals surface area contributed by atoms with Crippen LogP contribution in [0, 0.1) is 6.92 Å². The van der Waals surface area contributed by atoms with E-state index in [-0.39, 0.29) is 0 Å². The molecule has 8 heteroatoms. The summed E-state index contributed by atoms with van der Waals surface area (Å²) in [5.41, 5.74) is 3.29. The highest BCUT2D eigenvalue weighted by atomic mass is 35.5. The van der Waals surface area contributed by atoms with Crippen molar-refractivity contribution in [2.75, 3.05) is 0 Å². The van der Waals surface area contributed by atoms with Crippen LogP contribution < -0.4 is 5.32 Å². The van der Waals surface area contributed by atoms with E-state index in [1.54, 1.807) is 11.3 Å². The van der Waals surface area contributed by atoms with Gasteiger partial charge in [0.2, 0.25) is 0 Å². The second-order valence-corrected chi connectivity index (χ2v) is 9.72. The summed E-state index contributed by atoms with van der Waals surface area (Å²) in [4.78, 5) is 4.67. The maximum Gasteiger partial charge on any atom is 0.151 e. The van der Waals surface area contributed by atoms with Crippen molar-refractivity contribution < 1.29 is 0 Å². The van der Waals surface area contributed by atoms with Crippen LogP contribution in [0.25, 0.3) is 5.69 Å². The molecule has 1 saturated carbocycles. The molecule has 1 aliphatic carbocycles. The third-order valence-electron chi connectivity index (χ3n) is 5.83. The van der Waals surface area contributed by atoms with Gasteiger partial charge < -0.3 is 5.32 Å². The molecular weight excluding hydrogens is 413 g/mol. The van der Waals surface area contributed by atoms with Crippen LogP contribution in [-0.2, 0) is 13.1 Å². The van der Waals surface area contributed by atoms with Gasteiger partial charge in [0.1, 0.15) is 10.2 Å². The predicted molar refractivity (Wildman–Crippen MR) is 113 cm³/mol. The third-order valence-corrected chi connectivity index (χ3v) is 7.68. The lowest BCUT2D eigenvalue weighted by atomic mass is 9.82. The summed E-state index contributed by atoms with van der Waals surface area (Å²) in [7, 11) is 0. The van der Waals surface area contributed by atoms with Gasteiger partial charge in [-0.05, 0) is 56.4 Å². The number of benzene rings is 1. The highest BCUT2D eigenvalue weighted by molar-refractivity contribution is 7.16. The number of hydrogen-bond donors (Lipinski definition) is 1. The van der Waals surface area contributed by atoms with Gasteiger partial charge in [0.05, 0.1) is 22.9 Å². The number of halogens is 2. The van der Waals surface area contributed by atoms with Crippen molar-refractivity contribution in [3.63, 3.8) is 0 Å². The molecule has 0 saturated heterocycles. The fourth-order valence-electron chi connectivity index (χ4n) is 4.37. The minimum atomic E-state index is 0.413. The van der Waals surface area contributed by atoms with Gasteiger partial charge in [-0.2, -0.15) is 0 Å². The van der Waals surface area contributed by atoms with E-state index < -0.39 is 0 Å². The molecule has 3 aromatic rings. The molecule has 3 heterocycles. The number of hydrogen-bond acceptors (Lipinski definition) is 5. The van der Waals surface area contributed by atoms with E-state index in [9.17, 15) is 0 Å². The molecule has 2 aromatic heterocycles. The van der Waals surface area contributed by atoms with Crippen molar-refractivity contribution in [3.05, 3.63) is 55.5 Å². The Labute approximate surface area is 178 Å². The number of nitrogens with zero attached hydrogens (tertiary/aromatic N) is 4. The van der Waals surface area contributed by atoms with Crippen LogP contribution in [0.15, 0.2) is 18.2 Å². The van der Waals surface area contributed by atoms with Crippen molar-refractivity contribution in [2.45, 2.75) is 57.5 Å². The summed E-state index contributed by atoms with van der Waals surface area (Å²) < 4.78 is 3.07. The van der Waals surface area contributed by atoms with Gasteiger partial charge in [-0.1, -0.05) is 23.2 Å². The molecule has 1 aromatic carbocycles. The Bertz CT molecular complexity index is 1000. The first kappa shape index (κ1) is 18.6. The predicted octanol–water partition coefficient (Wildman–Crippen LogP) is 5.38. The largest absolute Gasteiger partial charge is 0.306 e. The molecule has 0 amide bonds. The summed E-state index contributed by atoms with van der Waals surface area (Å²) in [5.74, 6) is 2.97. The van der Waals surface area contributed by atoms with E-state index in [1.807, 2.05) is 19.1 Å². The van der Waals surface area contributed by atoms with E-state index >= 15 is 0 Å². The molecule has 0 spiro atoms. The normalized spacial score (nSPS) is 21.8. The molecule has 28 heavy (non-hydrogen) atoms. The number of nitrogens with one attached hydrogen (secondary N) is 1. The Kier molecular flexibility index (Phi) is 4.91. The second kappa shape index (κ2) is 7.41. The van der Waals surface area contributed by atoms with Crippen molar-refractivity contribution in [3.8, 4) is 5.69 Å². The monoisotopic (exact) mass is 433 g/mol. The summed E-state index contributed by atoms with van der Waals surface area (Å²) >= 11 is 14.1. The van der Waals surface area contributed by atoms with Crippen LogP contribution in [0.2, 0.25) is 9.36 Å². The van der Waals surface area contributed by atoms with Gasteiger partial charge in [-0.3, -0.25) is 4.57 Å². The zero-order valence-corrected chi connectivity index (χ0v) is 17.9. The van der Waals surface area contributed by atoms with E-state index in [1.165, 1.54) is 10.6 Å². The van der Waals surface area contributed by atoms with Gasteiger partial charge >= 0.3 is 0 Å². The van der Waals surface area contributed by atoms with Crippen LogP contribution in [0.1, 0.15) is 65.4 Å². The molecular formula is C20H21Cl2N5S. The molecule has 0 bridgehead atoms. The van der Waals surface area contributed by atoms with E-state index in [0.717, 1.165) is 64.6 Å². The molecule has 1 aliphatic heterocycles. The molecule has 146 valence electrons. The number of aromatic nitrogens is 4. The first-order valence-corrected chi connectivity index (χ1v) is 11.2. The second-order valence-electron chi connectivity index (χ2n) is 7.65. The molecule has 1 fully saturated rings. The summed E-state index contributed by atoms with van der Waals surface area (Å²) in [5, 5.41) is 14.5. The van der Waals surface area contributed by atoms with Gasteiger partial charge in [0.25, 0.3) is 0 Å². The third kappa shape index (κ3) is 3.26. The molecule has 5 nitrogen and oxygen atoms in total. The van der Waals surface area contributed by atoms with Gasteiger partial charge in [-0.25, -0.2) is 4.98 Å². The van der Waals surface area contributed by atoms with E-state index in [0.29, 0.717) is 18.4 Å². The minimum absolute atomic E-state index is 0.413. The van der Waals surface area contributed by atoms with Gasteiger partial charge in [0.15, 0.2) is 5.82 Å². The minimum Gasteiger partial charge on any atom is -0.306 e. The van der Waals surface area contributed by atoms with Crippen molar-refractivity contribution >= 4 is 34.5 Å². The smallest absolute Gasteiger partial charge is 0.151 e. The zero-order valence-electron chi connectivity index (χ0n) is 15.6. The average molecular weight is 434 g/mol. The highest BCUT2D eigenvalue weighted by Crippen LogP contribution is 2.43. The van der Waals surface area contributed by atoms with Gasteiger partial charge in [-0.15, -0.1) is 21.5 Å². The topological polar surface area (TPSA) is 55.6 Å². The van der Waals surface area contributed by atoms with Crippen LogP contribution in [0.3, 0.4) is 0 Å². The Morgan fingerprint density at radius 2 is 1.86 bits per heavy atom. The first-order chi connectivity index (χ1) is 13.6. The van der Waals surface area contributed by atoms with Crippen LogP contribution in [0.5, 0.6) is 0 Å². The van der Waals surface area contributed by atoms with E-state index in [4.69, 9.17) is 23.2 Å². The molecule has 1 N–H and O–H groups in total. The lowest BCUT2D eigenvalue weighted by Crippen LogP contribution is -2.16. The summed E-state index contributed by atoms with van der Waals surface area (Å²) in [6.07, 6.45) is 4.41. The van der Waals surface area contributed by atoms with Gasteiger partial charge in [0, 0.05) is 23.4 Å². The number of fused-ring (bicyclic) bond motifs is 3. The fourth-order valence-corrected chi connectivity index (χ4v) is 5.80. The molecule has 0 radical (unpaired) electrons. The fraction of sp³-hybridized carbons (Fsp3) is 0.450. The standard InChI is InChI=1S/C20H21Cl2N5S/c1-11-18(22)28-20(24-11)13-4-2-12(3-5-13)19-26-25-17-10-23-9-14-8-15(21)6-7-16(14)27(17)19/h6-8,12-13,23H,2-5,9-10H2,1H3/t12-,13-. The van der Waals surface area contributed by atoms with E-state index in [2.05, 4.69) is 31.1 Å². The Morgan fingerprint density at radius 3 is 2.61 bits per heavy atom. The summed E-state index contributed by atoms with van der Waals surface area (Å²) in [6.45, 7) is 3.48. The van der Waals surface area contributed by atoms with Crippen LogP contribution in [-0.4, -0.2) is 19.7 Å². The molecule has 2 aliphatic rings. The lowest BCUT2D eigenvalue weighted by Gasteiger charge is -2.27. The number of aryl methyl sites for hydroxylation is 1. The SMILES string of the molecule is Cc1nc([C@H]2CC[C@H](c3nnc4n3-c3ccc(Cl)cc3CNC4)CC2)sc1Cl. The Balaban J connectivity index is 1.42. The first-order valence-electron chi connectivity index (χ1n) is 9.66. The maximum atomic E-state index is 6.23. The zero-order chi connectivity index (χ0) is 19.3. The lowest BCUT2D eigenvalue weighted by molar-refractivity contribution is 0.381. The maximum absolute atomic E-state index is 6.23. The number of rotatable bonds is 2. The average Bonchev–Trinajstić information content (AvgIpc) is 3.20. The molecule has 5 rings (SSSR count). The van der Waals surface area contributed by atoms with Crippen LogP contribution in [0.4, 0.5) is 0 Å². The summed E-state index contributed by atoms with van der Waals surface area (Å²) in [6, 6.07) is 6.08. The Morgan fingerprint density at radius 1 is 1.07 bits per heavy atom. The molecule has 0 atom stereocenters. The quantitative estimate of drug-likeness (QED) is 0.588.